The number of hydrogen-bond acceptors (Lipinski definition) is 5. The van der Waals surface area contributed by atoms with E-state index in [0.29, 0.717) is 25.3 Å². The molecule has 24 heavy (non-hydrogen) atoms. The molecule has 6 nitrogen and oxygen atoms in total. The van der Waals surface area contributed by atoms with E-state index in [0.717, 1.165) is 21.4 Å². The predicted molar refractivity (Wildman–Crippen MR) is 92.0 cm³/mol. The van der Waals surface area contributed by atoms with Gasteiger partial charge in [-0.3, -0.25) is 4.79 Å². The minimum atomic E-state index is 0.0462. The van der Waals surface area contributed by atoms with Gasteiger partial charge in [0.1, 0.15) is 5.01 Å². The highest BCUT2D eigenvalue weighted by Gasteiger charge is 2.30. The zero-order valence-corrected chi connectivity index (χ0v) is 14.3. The molecule has 2 aromatic heterocycles. The highest BCUT2D eigenvalue weighted by Crippen LogP contribution is 2.39. The van der Waals surface area contributed by atoms with Gasteiger partial charge in [-0.2, -0.15) is 9.61 Å². The van der Waals surface area contributed by atoms with E-state index in [1.54, 1.807) is 0 Å². The molecule has 1 saturated carbocycles. The minimum absolute atomic E-state index is 0.0462. The summed E-state index contributed by atoms with van der Waals surface area (Å²) in [5, 5.41) is 16.9. The quantitative estimate of drug-likeness (QED) is 0.748. The minimum Gasteiger partial charge on any atom is -0.352 e. The van der Waals surface area contributed by atoms with Crippen LogP contribution >= 0.6 is 11.3 Å². The maximum Gasteiger partial charge on any atom is 0.234 e. The largest absolute Gasteiger partial charge is 0.352 e. The molecule has 1 aliphatic rings. The van der Waals surface area contributed by atoms with Gasteiger partial charge in [-0.1, -0.05) is 41.2 Å². The van der Waals surface area contributed by atoms with Crippen molar-refractivity contribution < 1.29 is 4.79 Å². The van der Waals surface area contributed by atoms with Crippen LogP contribution in [-0.4, -0.2) is 25.7 Å². The molecule has 3 aromatic rings. The number of aryl methyl sites for hydroxylation is 2. The van der Waals surface area contributed by atoms with Crippen molar-refractivity contribution in [3.05, 3.63) is 46.2 Å². The van der Waals surface area contributed by atoms with Crippen molar-refractivity contribution in [2.45, 2.75) is 45.1 Å². The number of nitrogens with one attached hydrogen (secondary N) is 1. The van der Waals surface area contributed by atoms with Crippen molar-refractivity contribution >= 4 is 22.2 Å². The number of carbonyl (C=O) groups excluding carboxylic acids is 1. The normalized spacial score (nSPS) is 14.2. The Morgan fingerprint density at radius 1 is 1.38 bits per heavy atom. The third-order valence-corrected chi connectivity index (χ3v) is 5.10. The molecule has 4 rings (SSSR count). The standard InChI is InChI=1S/C17H19N5OS/c1-11-3-2-4-12(9-11)10-18-14(23)7-8-15-21-22-16(13-5-6-13)19-20-17(22)24-15/h2-4,9,13H,5-8,10H2,1H3,(H,18,23). The Hall–Kier alpha value is -2.28. The molecule has 1 fully saturated rings. The van der Waals surface area contributed by atoms with Crippen LogP contribution in [0.2, 0.25) is 0 Å². The van der Waals surface area contributed by atoms with E-state index in [-0.39, 0.29) is 5.91 Å². The molecule has 0 unspecified atom stereocenters. The smallest absolute Gasteiger partial charge is 0.234 e. The highest BCUT2D eigenvalue weighted by atomic mass is 32.1. The molecule has 0 aliphatic heterocycles. The summed E-state index contributed by atoms with van der Waals surface area (Å²) in [5.41, 5.74) is 2.32. The van der Waals surface area contributed by atoms with E-state index >= 15 is 0 Å². The molecule has 1 aromatic carbocycles. The van der Waals surface area contributed by atoms with Crippen LogP contribution < -0.4 is 5.32 Å². The molecule has 1 amide bonds. The van der Waals surface area contributed by atoms with Gasteiger partial charge in [0.05, 0.1) is 0 Å². The van der Waals surface area contributed by atoms with Gasteiger partial charge < -0.3 is 5.32 Å². The lowest BCUT2D eigenvalue weighted by Crippen LogP contribution is -2.23. The molecule has 2 heterocycles. The average Bonchev–Trinajstić information content (AvgIpc) is 3.21. The van der Waals surface area contributed by atoms with Crippen LogP contribution in [0.15, 0.2) is 24.3 Å². The van der Waals surface area contributed by atoms with E-state index in [1.807, 2.05) is 16.6 Å². The molecule has 1 N–H and O–H groups in total. The van der Waals surface area contributed by atoms with Gasteiger partial charge in [-0.15, -0.1) is 10.2 Å². The lowest BCUT2D eigenvalue weighted by Gasteiger charge is -2.05. The van der Waals surface area contributed by atoms with Gasteiger partial charge in [0.25, 0.3) is 0 Å². The number of carbonyl (C=O) groups is 1. The van der Waals surface area contributed by atoms with Crippen LogP contribution in [0.3, 0.4) is 0 Å². The molecule has 0 bridgehead atoms. The first-order chi connectivity index (χ1) is 11.7. The summed E-state index contributed by atoms with van der Waals surface area (Å²) in [7, 11) is 0. The van der Waals surface area contributed by atoms with Crippen LogP contribution in [-0.2, 0) is 17.8 Å². The number of fused-ring (bicyclic) bond motifs is 1. The van der Waals surface area contributed by atoms with Crippen molar-refractivity contribution in [2.75, 3.05) is 0 Å². The Kier molecular flexibility index (Phi) is 4.02. The number of benzene rings is 1. The maximum absolute atomic E-state index is 12.0. The molecular formula is C17H19N5OS. The van der Waals surface area contributed by atoms with E-state index in [9.17, 15) is 4.79 Å². The van der Waals surface area contributed by atoms with Crippen molar-refractivity contribution in [3.63, 3.8) is 0 Å². The summed E-state index contributed by atoms with van der Waals surface area (Å²) in [6, 6.07) is 8.17. The second kappa shape index (κ2) is 6.32. The average molecular weight is 341 g/mol. The summed E-state index contributed by atoms with van der Waals surface area (Å²) >= 11 is 1.52. The zero-order chi connectivity index (χ0) is 16.5. The Bertz CT molecular complexity index is 880. The number of nitrogens with zero attached hydrogens (tertiary/aromatic N) is 4. The maximum atomic E-state index is 12.0. The van der Waals surface area contributed by atoms with Gasteiger partial charge in [0.15, 0.2) is 5.82 Å². The monoisotopic (exact) mass is 341 g/mol. The van der Waals surface area contributed by atoms with Crippen LogP contribution in [0, 0.1) is 6.92 Å². The van der Waals surface area contributed by atoms with Crippen molar-refractivity contribution in [2.24, 2.45) is 0 Å². The molecule has 124 valence electrons. The first kappa shape index (κ1) is 15.3. The summed E-state index contributed by atoms with van der Waals surface area (Å²) in [6.45, 7) is 2.62. The van der Waals surface area contributed by atoms with Crippen LogP contribution in [0.5, 0.6) is 0 Å². The second-order valence-corrected chi connectivity index (χ2v) is 7.33. The number of aromatic nitrogens is 4. The highest BCUT2D eigenvalue weighted by molar-refractivity contribution is 7.16. The van der Waals surface area contributed by atoms with Crippen molar-refractivity contribution in [1.29, 1.82) is 0 Å². The van der Waals surface area contributed by atoms with Gasteiger partial charge in [-0.05, 0) is 25.3 Å². The first-order valence-electron chi connectivity index (χ1n) is 8.22. The fourth-order valence-corrected chi connectivity index (χ4v) is 3.54. The van der Waals surface area contributed by atoms with E-state index in [4.69, 9.17) is 0 Å². The van der Waals surface area contributed by atoms with E-state index in [1.165, 1.54) is 29.7 Å². The van der Waals surface area contributed by atoms with Crippen LogP contribution in [0.1, 0.15) is 47.1 Å². The van der Waals surface area contributed by atoms with Crippen LogP contribution in [0.4, 0.5) is 0 Å². The lowest BCUT2D eigenvalue weighted by molar-refractivity contribution is -0.121. The molecule has 0 atom stereocenters. The van der Waals surface area contributed by atoms with Crippen molar-refractivity contribution in [1.82, 2.24) is 25.1 Å². The Labute approximate surface area is 143 Å². The summed E-state index contributed by atoms with van der Waals surface area (Å²) < 4.78 is 1.85. The Morgan fingerprint density at radius 3 is 3.04 bits per heavy atom. The third kappa shape index (κ3) is 3.31. The molecule has 1 aliphatic carbocycles. The number of hydrogen-bond donors (Lipinski definition) is 1. The predicted octanol–water partition coefficient (Wildman–Crippen LogP) is 2.62. The van der Waals surface area contributed by atoms with E-state index < -0.39 is 0 Å². The van der Waals surface area contributed by atoms with Crippen molar-refractivity contribution in [3.8, 4) is 0 Å². The topological polar surface area (TPSA) is 72.2 Å². The molecule has 0 saturated heterocycles. The fraction of sp³-hybridized carbons (Fsp3) is 0.412. The molecular weight excluding hydrogens is 322 g/mol. The summed E-state index contributed by atoms with van der Waals surface area (Å²) in [5.74, 6) is 1.54. The van der Waals surface area contributed by atoms with Gasteiger partial charge in [-0.25, -0.2) is 0 Å². The Balaban J connectivity index is 1.32. The Morgan fingerprint density at radius 2 is 2.25 bits per heavy atom. The lowest BCUT2D eigenvalue weighted by atomic mass is 10.1. The van der Waals surface area contributed by atoms with Crippen LogP contribution in [0.25, 0.3) is 4.96 Å². The van der Waals surface area contributed by atoms with Gasteiger partial charge in [0.2, 0.25) is 10.9 Å². The van der Waals surface area contributed by atoms with Gasteiger partial charge >= 0.3 is 0 Å². The third-order valence-electron chi connectivity index (χ3n) is 4.14. The first-order valence-corrected chi connectivity index (χ1v) is 9.04. The zero-order valence-electron chi connectivity index (χ0n) is 13.5. The molecule has 0 spiro atoms. The number of rotatable bonds is 6. The summed E-state index contributed by atoms with van der Waals surface area (Å²) in [4.78, 5) is 12.9. The molecule has 0 radical (unpaired) electrons. The van der Waals surface area contributed by atoms with Gasteiger partial charge in [0, 0.05) is 25.3 Å². The van der Waals surface area contributed by atoms with E-state index in [2.05, 4.69) is 39.7 Å². The second-order valence-electron chi connectivity index (χ2n) is 6.29. The molecule has 7 heteroatoms. The fourth-order valence-electron chi connectivity index (χ4n) is 2.70. The summed E-state index contributed by atoms with van der Waals surface area (Å²) in [6.07, 6.45) is 3.43. The SMILES string of the molecule is Cc1cccc(CNC(=O)CCc2nn3c(C4CC4)nnc3s2)c1. The number of amides is 1.